The summed E-state index contributed by atoms with van der Waals surface area (Å²) in [6.07, 6.45) is 0. The van der Waals surface area contributed by atoms with Crippen molar-refractivity contribution < 1.29 is 9.47 Å². The van der Waals surface area contributed by atoms with Crippen LogP contribution in [0.5, 0.6) is 17.2 Å². The Balaban J connectivity index is 0.00000128. The number of hydrogen-bond acceptors (Lipinski definition) is 2. The summed E-state index contributed by atoms with van der Waals surface area (Å²) in [5.41, 5.74) is 0. The van der Waals surface area contributed by atoms with Crippen molar-refractivity contribution in [1.82, 2.24) is 0 Å². The van der Waals surface area contributed by atoms with E-state index in [0.29, 0.717) is 0 Å². The minimum atomic E-state index is 0. The average Bonchev–Trinajstić information content (AvgIpc) is 2.31. The molecule has 3 heteroatoms. The van der Waals surface area contributed by atoms with Crippen molar-refractivity contribution in [2.75, 3.05) is 7.11 Å². The maximum atomic E-state index is 5.62. The lowest BCUT2D eigenvalue weighted by atomic mass is 10.3. The minimum absolute atomic E-state index is 0. The van der Waals surface area contributed by atoms with Gasteiger partial charge in [0.05, 0.1) is 7.11 Å². The second-order valence-corrected chi connectivity index (χ2v) is 3.09. The van der Waals surface area contributed by atoms with Crippen molar-refractivity contribution in [3.63, 3.8) is 0 Å². The molecular formula is C13H15O2P. The molecule has 0 aliphatic heterocycles. The number of para-hydroxylation sites is 1. The molecule has 0 heterocycles. The lowest BCUT2D eigenvalue weighted by Crippen LogP contribution is -1.85. The summed E-state index contributed by atoms with van der Waals surface area (Å²) < 4.78 is 10.7. The maximum Gasteiger partial charge on any atom is 0.127 e. The highest BCUT2D eigenvalue weighted by Gasteiger charge is 1.96. The first-order valence-corrected chi connectivity index (χ1v) is 4.75. The normalized spacial score (nSPS) is 9.06. The molecule has 2 aromatic carbocycles. The zero-order chi connectivity index (χ0) is 10.5. The summed E-state index contributed by atoms with van der Waals surface area (Å²) in [6, 6.07) is 17.2. The molecule has 0 saturated carbocycles. The summed E-state index contributed by atoms with van der Waals surface area (Å²) in [6.45, 7) is 0. The highest BCUT2D eigenvalue weighted by atomic mass is 31.0. The molecule has 0 N–H and O–H groups in total. The Labute approximate surface area is 98.8 Å². The Morgan fingerprint density at radius 3 is 1.75 bits per heavy atom. The van der Waals surface area contributed by atoms with Gasteiger partial charge >= 0.3 is 0 Å². The van der Waals surface area contributed by atoms with E-state index in [2.05, 4.69) is 0 Å². The van der Waals surface area contributed by atoms with Gasteiger partial charge in [-0.3, -0.25) is 0 Å². The van der Waals surface area contributed by atoms with Crippen LogP contribution in [0.25, 0.3) is 0 Å². The van der Waals surface area contributed by atoms with Crippen LogP contribution < -0.4 is 9.47 Å². The predicted molar refractivity (Wildman–Crippen MR) is 70.6 cm³/mol. The fourth-order valence-corrected chi connectivity index (χ4v) is 1.27. The van der Waals surface area contributed by atoms with Gasteiger partial charge in [0.2, 0.25) is 0 Å². The van der Waals surface area contributed by atoms with E-state index in [1.807, 2.05) is 54.6 Å². The Morgan fingerprint density at radius 1 is 0.688 bits per heavy atom. The van der Waals surface area contributed by atoms with Gasteiger partial charge in [-0.15, -0.1) is 0 Å². The smallest absolute Gasteiger partial charge is 0.127 e. The molecule has 2 rings (SSSR count). The van der Waals surface area contributed by atoms with Gasteiger partial charge < -0.3 is 9.47 Å². The molecule has 2 nitrogen and oxygen atoms in total. The molecule has 0 radical (unpaired) electrons. The van der Waals surface area contributed by atoms with E-state index >= 15 is 0 Å². The highest BCUT2D eigenvalue weighted by Crippen LogP contribution is 2.23. The van der Waals surface area contributed by atoms with E-state index in [4.69, 9.17) is 9.47 Å². The number of methoxy groups -OCH3 is 1. The Hall–Kier alpha value is -1.53. The lowest BCUT2D eigenvalue weighted by molar-refractivity contribution is 0.413. The number of rotatable bonds is 3. The van der Waals surface area contributed by atoms with E-state index in [1.165, 1.54) is 0 Å². The monoisotopic (exact) mass is 234 g/mol. The zero-order valence-corrected chi connectivity index (χ0v) is 10.6. The molecule has 0 amide bonds. The van der Waals surface area contributed by atoms with Crippen molar-refractivity contribution in [1.29, 1.82) is 0 Å². The molecule has 0 aromatic heterocycles. The number of benzene rings is 2. The van der Waals surface area contributed by atoms with Gasteiger partial charge in [0.15, 0.2) is 0 Å². The van der Waals surface area contributed by atoms with Gasteiger partial charge in [0.25, 0.3) is 0 Å². The first-order chi connectivity index (χ1) is 7.38. The van der Waals surface area contributed by atoms with E-state index < -0.39 is 0 Å². The molecule has 0 spiro atoms. The van der Waals surface area contributed by atoms with Crippen LogP contribution in [0.4, 0.5) is 0 Å². The quantitative estimate of drug-likeness (QED) is 0.756. The largest absolute Gasteiger partial charge is 0.497 e. The molecule has 0 aliphatic rings. The SMILES string of the molecule is COc1ccc(Oc2ccccc2)cc1.P. The minimum Gasteiger partial charge on any atom is -0.497 e. The second-order valence-electron chi connectivity index (χ2n) is 3.09. The van der Waals surface area contributed by atoms with Crippen molar-refractivity contribution in [3.05, 3.63) is 54.6 Å². The molecule has 0 saturated heterocycles. The van der Waals surface area contributed by atoms with Crippen molar-refractivity contribution in [2.45, 2.75) is 0 Å². The van der Waals surface area contributed by atoms with Crippen LogP contribution in [-0.2, 0) is 0 Å². The third-order valence-electron chi connectivity index (χ3n) is 2.04. The van der Waals surface area contributed by atoms with Crippen LogP contribution in [0.1, 0.15) is 0 Å². The van der Waals surface area contributed by atoms with Crippen molar-refractivity contribution >= 4 is 9.90 Å². The molecule has 84 valence electrons. The van der Waals surface area contributed by atoms with Crippen LogP contribution in [0, 0.1) is 0 Å². The molecule has 0 bridgehead atoms. The molecule has 2 aromatic rings. The third kappa shape index (κ3) is 3.25. The summed E-state index contributed by atoms with van der Waals surface area (Å²) >= 11 is 0. The Bertz CT molecular complexity index is 412. The van der Waals surface area contributed by atoms with Crippen LogP contribution in [0.15, 0.2) is 54.6 Å². The molecule has 1 unspecified atom stereocenters. The Morgan fingerprint density at radius 2 is 1.19 bits per heavy atom. The predicted octanol–water partition coefficient (Wildman–Crippen LogP) is 3.55. The van der Waals surface area contributed by atoms with Gasteiger partial charge in [-0.2, -0.15) is 9.90 Å². The molecular weight excluding hydrogens is 219 g/mol. The van der Waals surface area contributed by atoms with Gasteiger partial charge in [-0.25, -0.2) is 0 Å². The summed E-state index contributed by atoms with van der Waals surface area (Å²) in [7, 11) is 1.65. The zero-order valence-electron chi connectivity index (χ0n) is 9.22. The average molecular weight is 234 g/mol. The second kappa shape index (κ2) is 6.14. The van der Waals surface area contributed by atoms with Gasteiger partial charge in [-0.05, 0) is 36.4 Å². The summed E-state index contributed by atoms with van der Waals surface area (Å²) in [5, 5.41) is 0. The van der Waals surface area contributed by atoms with E-state index in [-0.39, 0.29) is 9.90 Å². The van der Waals surface area contributed by atoms with Gasteiger partial charge in [0.1, 0.15) is 17.2 Å². The summed E-state index contributed by atoms with van der Waals surface area (Å²) in [5.74, 6) is 2.47. The first kappa shape index (κ1) is 12.5. The third-order valence-corrected chi connectivity index (χ3v) is 2.04. The standard InChI is InChI=1S/C13H12O2.H3P/c1-14-11-7-9-13(10-8-11)15-12-5-3-2-4-6-12;/h2-10H,1H3;1H3. The first-order valence-electron chi connectivity index (χ1n) is 4.75. The molecule has 0 aliphatic carbocycles. The van der Waals surface area contributed by atoms with E-state index in [9.17, 15) is 0 Å². The Kier molecular flexibility index (Phi) is 4.81. The summed E-state index contributed by atoms with van der Waals surface area (Å²) in [4.78, 5) is 0. The highest BCUT2D eigenvalue weighted by molar-refractivity contribution is 6.92. The molecule has 16 heavy (non-hydrogen) atoms. The maximum absolute atomic E-state index is 5.62. The van der Waals surface area contributed by atoms with Crippen molar-refractivity contribution in [2.24, 2.45) is 0 Å². The fraction of sp³-hybridized carbons (Fsp3) is 0.0769. The van der Waals surface area contributed by atoms with Crippen LogP contribution >= 0.6 is 9.90 Å². The lowest BCUT2D eigenvalue weighted by Gasteiger charge is -2.05. The van der Waals surface area contributed by atoms with Crippen LogP contribution in [0.3, 0.4) is 0 Å². The van der Waals surface area contributed by atoms with Gasteiger partial charge in [-0.1, -0.05) is 18.2 Å². The number of hydrogen-bond donors (Lipinski definition) is 0. The van der Waals surface area contributed by atoms with E-state index in [0.717, 1.165) is 17.2 Å². The van der Waals surface area contributed by atoms with Crippen LogP contribution in [-0.4, -0.2) is 7.11 Å². The van der Waals surface area contributed by atoms with E-state index in [1.54, 1.807) is 7.11 Å². The number of ether oxygens (including phenoxy) is 2. The van der Waals surface area contributed by atoms with Gasteiger partial charge in [0, 0.05) is 0 Å². The molecule has 1 atom stereocenters. The topological polar surface area (TPSA) is 18.5 Å². The molecule has 0 fully saturated rings. The fourth-order valence-electron chi connectivity index (χ4n) is 1.27. The van der Waals surface area contributed by atoms with Crippen LogP contribution in [0.2, 0.25) is 0 Å². The van der Waals surface area contributed by atoms with Crippen molar-refractivity contribution in [3.8, 4) is 17.2 Å².